The second-order valence-corrected chi connectivity index (χ2v) is 14.5. The van der Waals surface area contributed by atoms with Gasteiger partial charge >= 0.3 is 10.2 Å². The summed E-state index contributed by atoms with van der Waals surface area (Å²) in [5.74, 6) is 0.368. The molecule has 1 aliphatic carbocycles. The lowest BCUT2D eigenvalue weighted by molar-refractivity contribution is -0.140. The number of benzene rings is 2. The zero-order valence-electron chi connectivity index (χ0n) is 25.6. The summed E-state index contributed by atoms with van der Waals surface area (Å²) in [5, 5.41) is 4.57. The smallest absolute Gasteiger partial charge is 0.303 e. The van der Waals surface area contributed by atoms with Gasteiger partial charge in [0.15, 0.2) is 0 Å². The monoisotopic (exact) mass is 607 g/mol. The maximum Gasteiger partial charge on any atom is 0.303 e. The number of nitrogens with one attached hydrogen (secondary N) is 2. The maximum atomic E-state index is 14.2. The fourth-order valence-electron chi connectivity index (χ4n) is 7.57. The van der Waals surface area contributed by atoms with Crippen molar-refractivity contribution in [3.63, 3.8) is 0 Å². The van der Waals surface area contributed by atoms with Crippen molar-refractivity contribution in [2.24, 2.45) is 5.41 Å². The number of amides is 2. The van der Waals surface area contributed by atoms with E-state index in [4.69, 9.17) is 4.74 Å². The Bertz CT molecular complexity index is 1710. The van der Waals surface area contributed by atoms with E-state index < -0.39 is 21.5 Å². The van der Waals surface area contributed by atoms with Crippen LogP contribution in [0, 0.1) is 5.41 Å². The van der Waals surface area contributed by atoms with Crippen LogP contribution in [0.1, 0.15) is 65.4 Å². The maximum absolute atomic E-state index is 14.2. The third-order valence-electron chi connectivity index (χ3n) is 9.70. The lowest BCUT2D eigenvalue weighted by atomic mass is 9.72. The number of nitrogens with zero attached hydrogens (tertiary/aromatic N) is 3. The van der Waals surface area contributed by atoms with Crippen LogP contribution >= 0.6 is 0 Å². The first kappa shape index (κ1) is 29.7. The highest BCUT2D eigenvalue weighted by Gasteiger charge is 2.53. The van der Waals surface area contributed by atoms with Crippen molar-refractivity contribution in [2.75, 3.05) is 48.4 Å². The van der Waals surface area contributed by atoms with Crippen LogP contribution in [0.25, 0.3) is 22.2 Å². The van der Waals surface area contributed by atoms with Gasteiger partial charge in [-0.25, -0.2) is 4.72 Å². The number of hydrogen-bond acceptors (Lipinski definition) is 6. The van der Waals surface area contributed by atoms with Gasteiger partial charge in [-0.1, -0.05) is 25.3 Å². The van der Waals surface area contributed by atoms with E-state index in [1.165, 1.54) is 26.1 Å². The summed E-state index contributed by atoms with van der Waals surface area (Å²) in [7, 11) is 4.06. The SMILES string of the molecule is COc1ccc2c(c1)C1CNCC1(C(=O)N(C)C)Cn1c-2c(C2CCCCC2)c2ccc(C(=O)NS(=O)(=O)N(C)C)cc21. The number of aromatic nitrogens is 1. The quantitative estimate of drug-likeness (QED) is 0.442. The molecule has 1 saturated carbocycles. The van der Waals surface area contributed by atoms with Crippen LogP contribution in [0.15, 0.2) is 36.4 Å². The van der Waals surface area contributed by atoms with E-state index in [1.54, 1.807) is 38.2 Å². The molecule has 2 atom stereocenters. The summed E-state index contributed by atoms with van der Waals surface area (Å²) < 4.78 is 36.1. The van der Waals surface area contributed by atoms with E-state index in [9.17, 15) is 18.0 Å². The van der Waals surface area contributed by atoms with Crippen molar-refractivity contribution in [1.29, 1.82) is 0 Å². The summed E-state index contributed by atoms with van der Waals surface area (Å²) in [6.07, 6.45) is 5.69. The van der Waals surface area contributed by atoms with Crippen LogP contribution in [-0.4, -0.2) is 82.4 Å². The Kier molecular flexibility index (Phi) is 7.55. The molecule has 3 aromatic rings. The summed E-state index contributed by atoms with van der Waals surface area (Å²) in [5.41, 5.74) is 4.85. The highest BCUT2D eigenvalue weighted by molar-refractivity contribution is 7.87. The molecule has 3 aliphatic rings. The Morgan fingerprint density at radius 1 is 1.05 bits per heavy atom. The molecular formula is C32H41N5O5S. The van der Waals surface area contributed by atoms with Gasteiger partial charge in [-0.3, -0.25) is 9.59 Å². The predicted octanol–water partition coefficient (Wildman–Crippen LogP) is 3.68. The summed E-state index contributed by atoms with van der Waals surface area (Å²) >= 11 is 0. The van der Waals surface area contributed by atoms with Gasteiger partial charge in [-0.2, -0.15) is 12.7 Å². The molecule has 2 unspecified atom stereocenters. The van der Waals surface area contributed by atoms with Gasteiger partial charge in [0.05, 0.1) is 18.2 Å². The van der Waals surface area contributed by atoms with Crippen molar-refractivity contribution in [1.82, 2.24) is 23.8 Å². The molecule has 10 nitrogen and oxygen atoms in total. The Hall–Kier alpha value is -3.41. The molecule has 0 radical (unpaired) electrons. The number of fused-ring (bicyclic) bond motifs is 7. The average Bonchev–Trinajstić information content (AvgIpc) is 3.53. The summed E-state index contributed by atoms with van der Waals surface area (Å²) in [6, 6.07) is 11.7. The van der Waals surface area contributed by atoms with Gasteiger partial charge in [-0.05, 0) is 60.2 Å². The highest BCUT2D eigenvalue weighted by atomic mass is 32.2. The van der Waals surface area contributed by atoms with Crippen LogP contribution in [0.5, 0.6) is 5.75 Å². The van der Waals surface area contributed by atoms with E-state index in [0.29, 0.717) is 25.6 Å². The van der Waals surface area contributed by atoms with Crippen LogP contribution in [0.3, 0.4) is 0 Å². The molecule has 230 valence electrons. The molecule has 0 bridgehead atoms. The zero-order valence-corrected chi connectivity index (χ0v) is 26.4. The van der Waals surface area contributed by atoms with E-state index in [-0.39, 0.29) is 17.4 Å². The Morgan fingerprint density at radius 2 is 1.79 bits per heavy atom. The molecule has 43 heavy (non-hydrogen) atoms. The molecular weight excluding hydrogens is 566 g/mol. The van der Waals surface area contributed by atoms with Crippen LogP contribution in [0.2, 0.25) is 0 Å². The van der Waals surface area contributed by atoms with Crippen LogP contribution in [0.4, 0.5) is 0 Å². The van der Waals surface area contributed by atoms with Gasteiger partial charge < -0.3 is 19.5 Å². The van der Waals surface area contributed by atoms with Crippen molar-refractivity contribution >= 4 is 32.9 Å². The van der Waals surface area contributed by atoms with Crippen molar-refractivity contribution in [2.45, 2.75) is 50.5 Å². The molecule has 1 aromatic heterocycles. The third-order valence-corrected chi connectivity index (χ3v) is 11.1. The molecule has 2 aliphatic heterocycles. The van der Waals surface area contributed by atoms with E-state index in [1.807, 2.05) is 12.1 Å². The second kappa shape index (κ2) is 10.9. The topological polar surface area (TPSA) is 113 Å². The minimum absolute atomic E-state index is 0.0520. The third kappa shape index (κ3) is 4.81. The fourth-order valence-corrected chi connectivity index (χ4v) is 8.10. The predicted molar refractivity (Wildman–Crippen MR) is 167 cm³/mol. The van der Waals surface area contributed by atoms with E-state index >= 15 is 0 Å². The number of ether oxygens (including phenoxy) is 1. The van der Waals surface area contributed by atoms with E-state index in [2.05, 4.69) is 26.7 Å². The second-order valence-electron chi connectivity index (χ2n) is 12.6. The molecule has 11 heteroatoms. The number of rotatable bonds is 6. The standard InChI is InChI=1S/C32H41N5O5S/c1-35(2)31(39)32-18-33-17-26(32)25-16-22(42-5)12-14-23(25)29-28(20-9-7-6-8-10-20)24-13-11-21(15-27(24)37(29)19-32)30(38)34-43(40,41)36(3)4/h11-16,20,26,33H,6-10,17-19H2,1-5H3,(H,34,38). The van der Waals surface area contributed by atoms with Gasteiger partial charge in [0.25, 0.3) is 5.91 Å². The first-order chi connectivity index (χ1) is 20.5. The fraction of sp³-hybridized carbons (Fsp3) is 0.500. The minimum Gasteiger partial charge on any atom is -0.497 e. The molecule has 1 saturated heterocycles. The molecule has 0 spiro atoms. The van der Waals surface area contributed by atoms with Crippen LogP contribution < -0.4 is 14.8 Å². The van der Waals surface area contributed by atoms with Crippen molar-refractivity contribution in [3.8, 4) is 17.0 Å². The Morgan fingerprint density at radius 3 is 2.47 bits per heavy atom. The largest absolute Gasteiger partial charge is 0.497 e. The Balaban J connectivity index is 1.65. The molecule has 2 aromatic carbocycles. The number of carbonyl (C=O) groups excluding carboxylic acids is 2. The van der Waals surface area contributed by atoms with Gasteiger partial charge in [0.2, 0.25) is 5.91 Å². The molecule has 2 N–H and O–H groups in total. The first-order valence-electron chi connectivity index (χ1n) is 15.0. The van der Waals surface area contributed by atoms with Crippen LogP contribution in [-0.2, 0) is 21.5 Å². The lowest BCUT2D eigenvalue weighted by Crippen LogP contribution is -2.47. The average molecular weight is 608 g/mol. The first-order valence-corrected chi connectivity index (χ1v) is 16.4. The minimum atomic E-state index is -3.97. The molecule has 6 rings (SSSR count). The number of methoxy groups -OCH3 is 1. The molecule has 2 fully saturated rings. The lowest BCUT2D eigenvalue weighted by Gasteiger charge is -2.35. The Labute approximate surface area is 253 Å². The normalized spacial score (nSPS) is 22.0. The van der Waals surface area contributed by atoms with Crippen molar-refractivity contribution < 1.29 is 22.7 Å². The summed E-state index contributed by atoms with van der Waals surface area (Å²) in [6.45, 7) is 1.61. The molecule has 2 amide bonds. The van der Waals surface area contributed by atoms with Gasteiger partial charge in [-0.15, -0.1) is 0 Å². The number of carbonyl (C=O) groups is 2. The molecule has 3 heterocycles. The number of hydrogen-bond donors (Lipinski definition) is 2. The van der Waals surface area contributed by atoms with Gasteiger partial charge in [0, 0.05) is 75.8 Å². The van der Waals surface area contributed by atoms with Gasteiger partial charge in [0.1, 0.15) is 5.75 Å². The highest BCUT2D eigenvalue weighted by Crippen LogP contribution is 2.54. The summed E-state index contributed by atoms with van der Waals surface area (Å²) in [4.78, 5) is 29.1. The van der Waals surface area contributed by atoms with E-state index in [0.717, 1.165) is 63.5 Å². The zero-order chi connectivity index (χ0) is 30.7. The van der Waals surface area contributed by atoms with Crippen molar-refractivity contribution in [3.05, 3.63) is 53.1 Å².